The molecule has 1 aromatic heterocycles. The molecule has 0 fully saturated rings. The van der Waals surface area contributed by atoms with Gasteiger partial charge in [0.1, 0.15) is 0 Å². The van der Waals surface area contributed by atoms with Crippen LogP contribution in [0.3, 0.4) is 0 Å². The number of rotatable bonds is 9. The summed E-state index contributed by atoms with van der Waals surface area (Å²) in [4.78, 5) is 33.8. The first-order chi connectivity index (χ1) is 18.7. The molecule has 39 heavy (non-hydrogen) atoms. The van der Waals surface area contributed by atoms with Crippen LogP contribution in [0.15, 0.2) is 63.5 Å². The second kappa shape index (κ2) is 11.8. The summed E-state index contributed by atoms with van der Waals surface area (Å²) in [7, 11) is 2.64. The minimum absolute atomic E-state index is 0.104. The van der Waals surface area contributed by atoms with Crippen molar-refractivity contribution in [3.05, 3.63) is 84.5 Å². The smallest absolute Gasteiger partial charge is 0.387 e. The molecule has 0 spiro atoms. The Kier molecular flexibility index (Phi) is 8.49. The highest BCUT2D eigenvalue weighted by Crippen LogP contribution is 2.32. The number of ether oxygens (including phenoxy) is 3. The molecule has 1 aliphatic rings. The second-order valence-electron chi connectivity index (χ2n) is 8.63. The van der Waals surface area contributed by atoms with Gasteiger partial charge in [-0.05, 0) is 62.2 Å². The highest BCUT2D eigenvalue weighted by molar-refractivity contribution is 7.07. The number of allylic oxidation sites excluding steroid dienone is 1. The van der Waals surface area contributed by atoms with Crippen LogP contribution in [0, 0.1) is 0 Å². The molecular formula is C28H29F2N3O5S. The van der Waals surface area contributed by atoms with Gasteiger partial charge in [-0.1, -0.05) is 29.5 Å². The average Bonchev–Trinajstić information content (AvgIpc) is 3.23. The summed E-state index contributed by atoms with van der Waals surface area (Å²) in [6, 6.07) is 11.4. The van der Waals surface area contributed by atoms with Gasteiger partial charge in [0.2, 0.25) is 0 Å². The fraction of sp³-hybridized carbons (Fsp3) is 0.321. The van der Waals surface area contributed by atoms with Crippen molar-refractivity contribution in [3.63, 3.8) is 0 Å². The molecule has 4 rings (SSSR count). The van der Waals surface area contributed by atoms with Crippen LogP contribution in [0.2, 0.25) is 0 Å². The molecule has 1 unspecified atom stereocenters. The SMILES string of the molecule is CCN(CC)c1ccc(C2C(C(=O)OC)=C(C)N=c3sc(=Cc4ccc(OC(F)F)c(OC)c4)c(=O)n32)cc1. The standard InChI is InChI=1S/C28H29F2N3O5S/c1-6-32(7-2)19-11-9-18(10-12-19)24-23(26(35)37-5)16(3)31-28-33(24)25(34)22(39-28)15-17-8-13-20(38-27(29)30)21(14-17)36-4/h8-15,24,27H,6-7H2,1-5H3. The van der Waals surface area contributed by atoms with E-state index >= 15 is 0 Å². The number of fused-ring (bicyclic) bond motifs is 1. The van der Waals surface area contributed by atoms with E-state index in [1.165, 1.54) is 42.3 Å². The van der Waals surface area contributed by atoms with Crippen LogP contribution in [0.4, 0.5) is 14.5 Å². The molecule has 1 aliphatic heterocycles. The number of hydrogen-bond acceptors (Lipinski definition) is 8. The van der Waals surface area contributed by atoms with E-state index in [0.717, 1.165) is 24.3 Å². The van der Waals surface area contributed by atoms with Gasteiger partial charge in [0.05, 0.1) is 36.1 Å². The zero-order valence-electron chi connectivity index (χ0n) is 22.2. The van der Waals surface area contributed by atoms with E-state index in [2.05, 4.69) is 28.5 Å². The lowest BCUT2D eigenvalue weighted by molar-refractivity contribution is -0.136. The van der Waals surface area contributed by atoms with Crippen molar-refractivity contribution >= 4 is 29.1 Å². The molecule has 0 radical (unpaired) electrons. The zero-order chi connectivity index (χ0) is 28.3. The van der Waals surface area contributed by atoms with Crippen LogP contribution in [-0.4, -0.2) is 44.5 Å². The molecule has 0 bridgehead atoms. The molecule has 206 valence electrons. The molecule has 0 saturated carbocycles. The molecule has 1 atom stereocenters. The number of alkyl halides is 2. The predicted molar refractivity (Wildman–Crippen MR) is 145 cm³/mol. The Morgan fingerprint density at radius 2 is 1.82 bits per heavy atom. The van der Waals surface area contributed by atoms with E-state index in [4.69, 9.17) is 9.47 Å². The third-order valence-electron chi connectivity index (χ3n) is 6.47. The lowest BCUT2D eigenvalue weighted by atomic mass is 9.95. The van der Waals surface area contributed by atoms with E-state index in [9.17, 15) is 18.4 Å². The van der Waals surface area contributed by atoms with E-state index < -0.39 is 18.6 Å². The number of thiazole rings is 1. The number of anilines is 1. The maximum atomic E-state index is 13.7. The maximum absolute atomic E-state index is 13.7. The van der Waals surface area contributed by atoms with Crippen LogP contribution in [0.1, 0.15) is 37.9 Å². The number of carbonyl (C=O) groups is 1. The first kappa shape index (κ1) is 28.0. The molecule has 3 aromatic rings. The molecule has 11 heteroatoms. The topological polar surface area (TPSA) is 82.4 Å². The normalized spacial score (nSPS) is 15.2. The van der Waals surface area contributed by atoms with Crippen molar-refractivity contribution in [1.82, 2.24) is 4.57 Å². The number of hydrogen-bond donors (Lipinski definition) is 0. The number of aromatic nitrogens is 1. The van der Waals surface area contributed by atoms with Gasteiger partial charge in [-0.15, -0.1) is 0 Å². The first-order valence-electron chi connectivity index (χ1n) is 12.3. The van der Waals surface area contributed by atoms with Crippen molar-refractivity contribution in [2.75, 3.05) is 32.2 Å². The van der Waals surface area contributed by atoms with Crippen LogP contribution in [0.25, 0.3) is 6.08 Å². The Labute approximate surface area is 228 Å². The fourth-order valence-electron chi connectivity index (χ4n) is 4.58. The van der Waals surface area contributed by atoms with E-state index in [1.54, 1.807) is 19.1 Å². The summed E-state index contributed by atoms with van der Waals surface area (Å²) in [5.41, 5.74) is 2.71. The van der Waals surface area contributed by atoms with Crippen LogP contribution in [-0.2, 0) is 9.53 Å². The monoisotopic (exact) mass is 557 g/mol. The molecule has 0 aliphatic carbocycles. The molecule has 2 heterocycles. The Balaban J connectivity index is 1.86. The minimum Gasteiger partial charge on any atom is -0.493 e. The van der Waals surface area contributed by atoms with Gasteiger partial charge >= 0.3 is 12.6 Å². The Bertz CT molecular complexity index is 1570. The third-order valence-corrected chi connectivity index (χ3v) is 7.45. The van der Waals surface area contributed by atoms with Crippen LogP contribution >= 0.6 is 11.3 Å². The molecule has 2 aromatic carbocycles. The molecular weight excluding hydrogens is 528 g/mol. The van der Waals surface area contributed by atoms with Crippen molar-refractivity contribution in [2.45, 2.75) is 33.4 Å². The Morgan fingerprint density at radius 1 is 1.13 bits per heavy atom. The van der Waals surface area contributed by atoms with Crippen LogP contribution < -0.4 is 29.3 Å². The zero-order valence-corrected chi connectivity index (χ0v) is 23.1. The van der Waals surface area contributed by atoms with Crippen molar-refractivity contribution in [2.24, 2.45) is 4.99 Å². The quantitative estimate of drug-likeness (QED) is 0.372. The summed E-state index contributed by atoms with van der Waals surface area (Å²) in [5.74, 6) is -0.577. The Hall–Kier alpha value is -3.99. The summed E-state index contributed by atoms with van der Waals surface area (Å²) in [6.45, 7) is 4.56. The number of carbonyl (C=O) groups excluding carboxylic acids is 1. The molecule has 0 amide bonds. The van der Waals surface area contributed by atoms with Gasteiger partial charge in [-0.2, -0.15) is 8.78 Å². The maximum Gasteiger partial charge on any atom is 0.387 e. The van der Waals surface area contributed by atoms with Gasteiger partial charge in [0.15, 0.2) is 16.3 Å². The fourth-order valence-corrected chi connectivity index (χ4v) is 5.63. The molecule has 8 nitrogen and oxygen atoms in total. The van der Waals surface area contributed by atoms with Crippen molar-refractivity contribution < 1.29 is 27.8 Å². The van der Waals surface area contributed by atoms with Crippen molar-refractivity contribution in [1.29, 1.82) is 0 Å². The highest BCUT2D eigenvalue weighted by Gasteiger charge is 2.33. The summed E-state index contributed by atoms with van der Waals surface area (Å²) in [6.07, 6.45) is 1.62. The van der Waals surface area contributed by atoms with E-state index in [-0.39, 0.29) is 22.6 Å². The number of esters is 1. The van der Waals surface area contributed by atoms with Gasteiger partial charge in [-0.3, -0.25) is 9.36 Å². The molecule has 0 saturated heterocycles. The lowest BCUT2D eigenvalue weighted by Crippen LogP contribution is -2.39. The highest BCUT2D eigenvalue weighted by atomic mass is 32.1. The third kappa shape index (κ3) is 5.58. The second-order valence-corrected chi connectivity index (χ2v) is 9.64. The van der Waals surface area contributed by atoms with Gasteiger partial charge < -0.3 is 19.1 Å². The largest absolute Gasteiger partial charge is 0.493 e. The summed E-state index contributed by atoms with van der Waals surface area (Å²) in [5, 5.41) is 0. The average molecular weight is 558 g/mol. The van der Waals surface area contributed by atoms with Gasteiger partial charge in [0.25, 0.3) is 5.56 Å². The number of nitrogens with zero attached hydrogens (tertiary/aromatic N) is 3. The van der Waals surface area contributed by atoms with Crippen molar-refractivity contribution in [3.8, 4) is 11.5 Å². The van der Waals surface area contributed by atoms with Gasteiger partial charge in [0, 0.05) is 18.8 Å². The van der Waals surface area contributed by atoms with Gasteiger partial charge in [-0.25, -0.2) is 9.79 Å². The lowest BCUT2D eigenvalue weighted by Gasteiger charge is -2.26. The number of benzene rings is 2. The van der Waals surface area contributed by atoms with Crippen LogP contribution in [0.5, 0.6) is 11.5 Å². The first-order valence-corrected chi connectivity index (χ1v) is 13.1. The summed E-state index contributed by atoms with van der Waals surface area (Å²) < 4.78 is 42.0. The molecule has 0 N–H and O–H groups in total. The van der Waals surface area contributed by atoms with E-state index in [1.807, 2.05) is 24.3 Å². The predicted octanol–water partition coefficient (Wildman–Crippen LogP) is 3.86. The summed E-state index contributed by atoms with van der Waals surface area (Å²) >= 11 is 1.17. The Morgan fingerprint density at radius 3 is 2.41 bits per heavy atom. The number of halogens is 2. The van der Waals surface area contributed by atoms with E-state index in [0.29, 0.717) is 20.6 Å². The minimum atomic E-state index is -3.00. The number of methoxy groups -OCH3 is 2.